The van der Waals surface area contributed by atoms with Crippen molar-refractivity contribution in [3.05, 3.63) is 0 Å². The van der Waals surface area contributed by atoms with Crippen LogP contribution < -0.4 is 5.73 Å². The van der Waals surface area contributed by atoms with Gasteiger partial charge in [0.05, 0.1) is 5.84 Å². The molecule has 3 nitrogen and oxygen atoms in total. The molecule has 0 bridgehead atoms. The number of amidine groups is 1. The van der Waals surface area contributed by atoms with Gasteiger partial charge < -0.3 is 11.2 Å². The van der Waals surface area contributed by atoms with Crippen LogP contribution >= 0.6 is 0 Å². The molecule has 0 aromatic heterocycles. The summed E-state index contributed by atoms with van der Waals surface area (Å²) < 4.78 is 0. The van der Waals surface area contributed by atoms with E-state index >= 15 is 0 Å². The van der Waals surface area contributed by atoms with Crippen molar-refractivity contribution in [1.29, 1.82) is 5.41 Å². The highest BCUT2D eigenvalue weighted by atomic mass is 16.0. The summed E-state index contributed by atoms with van der Waals surface area (Å²) >= 11 is 0. The Balaban J connectivity index is 0. The molecule has 0 fully saturated rings. The highest BCUT2D eigenvalue weighted by Crippen LogP contribution is 1.80. The monoisotopic (exact) mass is 104 g/mol. The van der Waals surface area contributed by atoms with Gasteiger partial charge in [0.1, 0.15) is 0 Å². The number of hydrogen-bond acceptors (Lipinski definition) is 1. The van der Waals surface area contributed by atoms with Crippen molar-refractivity contribution in [3.8, 4) is 0 Å². The van der Waals surface area contributed by atoms with E-state index in [1.54, 1.807) is 0 Å². The summed E-state index contributed by atoms with van der Waals surface area (Å²) in [6.45, 7) is 2.00. The predicted octanol–water partition coefficient (Wildman–Crippen LogP) is -0.102. The van der Waals surface area contributed by atoms with Crippen molar-refractivity contribution in [1.82, 2.24) is 0 Å². The van der Waals surface area contributed by atoms with Crippen molar-refractivity contribution in [3.63, 3.8) is 0 Å². The summed E-state index contributed by atoms with van der Waals surface area (Å²) in [7, 11) is 0. The maximum atomic E-state index is 6.67. The quantitative estimate of drug-likeness (QED) is 0.372. The highest BCUT2D eigenvalue weighted by molar-refractivity contribution is 5.76. The van der Waals surface area contributed by atoms with Crippen LogP contribution in [0.15, 0.2) is 0 Å². The largest absolute Gasteiger partial charge is 0.412 e. The van der Waals surface area contributed by atoms with Gasteiger partial charge in [0.15, 0.2) is 0 Å². The average Bonchev–Trinajstić information content (AvgIpc) is 1.35. The van der Waals surface area contributed by atoms with E-state index < -0.39 is 0 Å². The van der Waals surface area contributed by atoms with Crippen LogP contribution in [0.4, 0.5) is 0 Å². The molecule has 0 saturated heterocycles. The van der Waals surface area contributed by atoms with Gasteiger partial charge in [0.25, 0.3) is 0 Å². The molecule has 0 aliphatic carbocycles. The van der Waals surface area contributed by atoms with E-state index in [0.717, 1.165) is 12.8 Å². The average molecular weight is 104 g/mol. The van der Waals surface area contributed by atoms with Crippen molar-refractivity contribution in [2.45, 2.75) is 19.8 Å². The van der Waals surface area contributed by atoms with Gasteiger partial charge in [-0.2, -0.15) is 0 Å². The minimum atomic E-state index is 0. The van der Waals surface area contributed by atoms with Crippen molar-refractivity contribution < 1.29 is 5.48 Å². The van der Waals surface area contributed by atoms with Crippen LogP contribution in [0.2, 0.25) is 0 Å². The van der Waals surface area contributed by atoms with Gasteiger partial charge in [-0.15, -0.1) is 0 Å². The second-order valence-electron chi connectivity index (χ2n) is 1.28. The lowest BCUT2D eigenvalue weighted by Crippen LogP contribution is -2.07. The molecule has 0 unspecified atom stereocenters. The summed E-state index contributed by atoms with van der Waals surface area (Å²) in [6.07, 6.45) is 1.72. The zero-order chi connectivity index (χ0) is 4.99. The minimum Gasteiger partial charge on any atom is -0.412 e. The van der Waals surface area contributed by atoms with Gasteiger partial charge in [-0.1, -0.05) is 6.92 Å². The van der Waals surface area contributed by atoms with E-state index in [9.17, 15) is 0 Å². The maximum absolute atomic E-state index is 6.67. The Bertz CT molecular complexity index is 53.7. The zero-order valence-electron chi connectivity index (χ0n) is 4.49. The van der Waals surface area contributed by atoms with Crippen LogP contribution in [0.25, 0.3) is 0 Å². The van der Waals surface area contributed by atoms with Crippen molar-refractivity contribution in [2.75, 3.05) is 0 Å². The Kier molecular flexibility index (Phi) is 7.49. The number of nitrogens with two attached hydrogens (primary N) is 1. The molecular formula is C4H12N2O. The smallest absolute Gasteiger partial charge is 0.0905 e. The Morgan fingerprint density at radius 1 is 1.71 bits per heavy atom. The van der Waals surface area contributed by atoms with Gasteiger partial charge in [0.2, 0.25) is 0 Å². The second-order valence-corrected chi connectivity index (χ2v) is 1.28. The number of hydrogen-bond donors (Lipinski definition) is 2. The SMILES string of the molecule is CCCC(=N)N.O. The molecule has 5 N–H and O–H groups in total. The molecule has 0 rings (SSSR count). The molecule has 0 amide bonds. The first-order chi connectivity index (χ1) is 2.77. The first-order valence-corrected chi connectivity index (χ1v) is 2.10. The van der Waals surface area contributed by atoms with E-state index in [-0.39, 0.29) is 11.3 Å². The molecule has 0 saturated carbocycles. The third-order valence-corrected chi connectivity index (χ3v) is 0.519. The van der Waals surface area contributed by atoms with Gasteiger partial charge in [-0.3, -0.25) is 5.41 Å². The molecule has 0 aliphatic rings. The molecule has 0 aromatic carbocycles. The van der Waals surface area contributed by atoms with Crippen molar-refractivity contribution in [2.24, 2.45) is 5.73 Å². The van der Waals surface area contributed by atoms with Crippen LogP contribution in [0, 0.1) is 5.41 Å². The molecule has 0 spiro atoms. The zero-order valence-corrected chi connectivity index (χ0v) is 4.49. The van der Waals surface area contributed by atoms with Crippen molar-refractivity contribution >= 4 is 5.84 Å². The lowest BCUT2D eigenvalue weighted by molar-refractivity contribution is 0.824. The third kappa shape index (κ3) is 10.8. The van der Waals surface area contributed by atoms with Gasteiger partial charge >= 0.3 is 0 Å². The molecule has 0 aliphatic heterocycles. The number of nitrogens with one attached hydrogen (secondary N) is 1. The van der Waals surface area contributed by atoms with E-state index in [0.29, 0.717) is 0 Å². The summed E-state index contributed by atoms with van der Waals surface area (Å²) in [5.74, 6) is 0.289. The fourth-order valence-electron chi connectivity index (χ4n) is 0.269. The predicted molar refractivity (Wildman–Crippen MR) is 30.4 cm³/mol. The molecule has 3 heteroatoms. The molecule has 0 radical (unpaired) electrons. The first-order valence-electron chi connectivity index (χ1n) is 2.10. The van der Waals surface area contributed by atoms with E-state index in [1.807, 2.05) is 6.92 Å². The summed E-state index contributed by atoms with van der Waals surface area (Å²) in [5, 5.41) is 6.67. The minimum absolute atomic E-state index is 0. The Morgan fingerprint density at radius 2 is 2.14 bits per heavy atom. The summed E-state index contributed by atoms with van der Waals surface area (Å²) in [5.41, 5.74) is 4.99. The molecule has 0 heterocycles. The summed E-state index contributed by atoms with van der Waals surface area (Å²) in [4.78, 5) is 0. The standard InChI is InChI=1S/C4H10N2.H2O/c1-2-3-4(5)6;/h2-3H2,1H3,(H3,5,6);1H2. The topological polar surface area (TPSA) is 81.4 Å². The fourth-order valence-corrected chi connectivity index (χ4v) is 0.269. The van der Waals surface area contributed by atoms with E-state index in [4.69, 9.17) is 11.1 Å². The molecule has 7 heavy (non-hydrogen) atoms. The third-order valence-electron chi connectivity index (χ3n) is 0.519. The Morgan fingerprint density at radius 3 is 2.14 bits per heavy atom. The first kappa shape index (κ1) is 9.66. The Labute approximate surface area is 43.3 Å². The van der Waals surface area contributed by atoms with E-state index in [1.165, 1.54) is 0 Å². The van der Waals surface area contributed by atoms with Crippen LogP contribution in [-0.2, 0) is 0 Å². The van der Waals surface area contributed by atoms with Crippen LogP contribution in [0.3, 0.4) is 0 Å². The van der Waals surface area contributed by atoms with Gasteiger partial charge in [-0.05, 0) is 6.42 Å². The fraction of sp³-hybridized carbons (Fsp3) is 0.750. The molecule has 0 atom stereocenters. The van der Waals surface area contributed by atoms with Gasteiger partial charge in [0, 0.05) is 6.42 Å². The van der Waals surface area contributed by atoms with Crippen LogP contribution in [0.1, 0.15) is 19.8 Å². The summed E-state index contributed by atoms with van der Waals surface area (Å²) in [6, 6.07) is 0. The maximum Gasteiger partial charge on any atom is 0.0905 e. The normalized spacial score (nSPS) is 7.00. The molecule has 0 aromatic rings. The van der Waals surface area contributed by atoms with Gasteiger partial charge in [-0.25, -0.2) is 0 Å². The molecular weight excluding hydrogens is 92.1 g/mol. The number of rotatable bonds is 2. The lowest BCUT2D eigenvalue weighted by Gasteiger charge is -1.85. The second kappa shape index (κ2) is 5.43. The Hall–Kier alpha value is -0.570. The van der Waals surface area contributed by atoms with E-state index in [2.05, 4.69) is 0 Å². The molecule has 44 valence electrons. The van der Waals surface area contributed by atoms with Crippen LogP contribution in [-0.4, -0.2) is 11.3 Å². The lowest BCUT2D eigenvalue weighted by atomic mass is 10.3. The van der Waals surface area contributed by atoms with Crippen LogP contribution in [0.5, 0.6) is 0 Å². The highest BCUT2D eigenvalue weighted by Gasteiger charge is 1.79.